The van der Waals surface area contributed by atoms with Gasteiger partial charge in [-0.25, -0.2) is 18.1 Å². The van der Waals surface area contributed by atoms with Gasteiger partial charge in [-0.3, -0.25) is 14.1 Å². The van der Waals surface area contributed by atoms with Crippen LogP contribution in [0.4, 0.5) is 13.6 Å². The van der Waals surface area contributed by atoms with Crippen LogP contribution in [-0.2, 0) is 18.7 Å². The lowest BCUT2D eigenvalue weighted by Gasteiger charge is -2.59. The van der Waals surface area contributed by atoms with Crippen molar-refractivity contribution < 1.29 is 56.6 Å². The minimum Gasteiger partial charge on any atom is -0.484 e. The van der Waals surface area contributed by atoms with Gasteiger partial charge in [0.25, 0.3) is 11.8 Å². The maximum atomic E-state index is 13.8. The molecule has 0 saturated heterocycles. The van der Waals surface area contributed by atoms with Crippen LogP contribution in [0.25, 0.3) is 0 Å². The SMILES string of the molecule is O=C(COc1ccc(Cl)c(F)c1)NC12CCC(NC(=O)COc3ccc(Cl)c(F)c3)(CC1)[C@@H](N(CCOP(=O)(O)O)C(=O)O)C2. The van der Waals surface area contributed by atoms with Gasteiger partial charge in [-0.15, -0.1) is 0 Å². The monoisotopic (exact) mass is 695 g/mol. The summed E-state index contributed by atoms with van der Waals surface area (Å²) in [5.41, 5.74) is -2.06. The van der Waals surface area contributed by atoms with E-state index >= 15 is 0 Å². The second kappa shape index (κ2) is 14.1. The Kier molecular flexibility index (Phi) is 10.8. The molecule has 5 N–H and O–H groups in total. The van der Waals surface area contributed by atoms with Crippen LogP contribution < -0.4 is 20.1 Å². The number of halogens is 4. The van der Waals surface area contributed by atoms with Crippen LogP contribution in [0.3, 0.4) is 0 Å². The summed E-state index contributed by atoms with van der Waals surface area (Å²) in [5, 5.41) is 15.6. The van der Waals surface area contributed by atoms with Crippen molar-refractivity contribution in [2.45, 2.75) is 49.2 Å². The van der Waals surface area contributed by atoms with Crippen molar-refractivity contribution in [2.24, 2.45) is 0 Å². The highest BCUT2D eigenvalue weighted by molar-refractivity contribution is 7.46. The molecular weight excluding hydrogens is 666 g/mol. The maximum absolute atomic E-state index is 13.8. The van der Waals surface area contributed by atoms with Gasteiger partial charge in [-0.1, -0.05) is 23.2 Å². The molecule has 5 rings (SSSR count). The van der Waals surface area contributed by atoms with Gasteiger partial charge >= 0.3 is 13.9 Å². The molecular formula is C27H30Cl2F2N3O10P. The number of amides is 3. The average Bonchev–Trinajstić information content (AvgIpc) is 2.96. The van der Waals surface area contributed by atoms with Crippen molar-refractivity contribution in [3.63, 3.8) is 0 Å². The molecule has 3 aliphatic carbocycles. The van der Waals surface area contributed by atoms with E-state index in [0.29, 0.717) is 12.8 Å². The molecule has 0 unspecified atom stereocenters. The summed E-state index contributed by atoms with van der Waals surface area (Å²) < 4.78 is 54.0. The topological polar surface area (TPSA) is 184 Å². The lowest BCUT2D eigenvalue weighted by molar-refractivity contribution is -0.133. The number of phosphoric ester groups is 1. The Labute approximate surface area is 266 Å². The Morgan fingerprint density at radius 2 is 1.42 bits per heavy atom. The van der Waals surface area contributed by atoms with Gasteiger partial charge in [-0.05, 0) is 56.4 Å². The molecule has 0 radical (unpaired) electrons. The smallest absolute Gasteiger partial charge is 0.469 e. The van der Waals surface area contributed by atoms with E-state index in [4.69, 9.17) is 42.5 Å². The molecule has 0 spiro atoms. The highest BCUT2D eigenvalue weighted by Crippen LogP contribution is 2.49. The average molecular weight is 696 g/mol. The summed E-state index contributed by atoms with van der Waals surface area (Å²) in [5.74, 6) is -2.54. The fourth-order valence-electron chi connectivity index (χ4n) is 5.79. The van der Waals surface area contributed by atoms with E-state index in [1.165, 1.54) is 24.3 Å². The highest BCUT2D eigenvalue weighted by Gasteiger charge is 2.58. The molecule has 0 heterocycles. The molecule has 2 bridgehead atoms. The fourth-order valence-corrected chi connectivity index (χ4v) is 6.34. The molecule has 0 aromatic heterocycles. The lowest BCUT2D eigenvalue weighted by atomic mass is 9.58. The molecule has 0 aliphatic heterocycles. The first-order chi connectivity index (χ1) is 21.1. The highest BCUT2D eigenvalue weighted by atomic mass is 35.5. The summed E-state index contributed by atoms with van der Waals surface area (Å²) in [7, 11) is -4.90. The van der Waals surface area contributed by atoms with Gasteiger partial charge in [0, 0.05) is 24.2 Å². The standard InChI is InChI=1S/C27H30Cl2F2N3O10P/c28-18-3-1-16(11-20(18)30)42-14-23(35)32-26-5-7-27(8-6-26,22(13-26)34(25(37)38)9-10-44-45(39,40)41)33-24(36)15-43-17-2-4-19(29)21(31)12-17/h1-4,11-12,22H,5-10,13-15H2,(H,32,35)(H,33,36)(H,37,38)(H2,39,40,41)/t22-,26?,27?/m0/s1. The number of rotatable bonds is 13. The van der Waals surface area contributed by atoms with Crippen LogP contribution >= 0.6 is 31.0 Å². The van der Waals surface area contributed by atoms with Crippen LogP contribution in [-0.4, -0.2) is 81.2 Å². The van der Waals surface area contributed by atoms with Gasteiger partial charge in [0.15, 0.2) is 13.2 Å². The largest absolute Gasteiger partial charge is 0.484 e. The predicted molar refractivity (Wildman–Crippen MR) is 155 cm³/mol. The van der Waals surface area contributed by atoms with Crippen molar-refractivity contribution in [1.82, 2.24) is 15.5 Å². The quantitative estimate of drug-likeness (QED) is 0.193. The Morgan fingerprint density at radius 1 is 0.911 bits per heavy atom. The van der Waals surface area contributed by atoms with Gasteiger partial charge in [0.1, 0.15) is 23.1 Å². The van der Waals surface area contributed by atoms with Crippen molar-refractivity contribution in [3.8, 4) is 11.5 Å². The third-order valence-electron chi connectivity index (χ3n) is 7.85. The molecule has 3 aliphatic rings. The third-order valence-corrected chi connectivity index (χ3v) is 8.98. The van der Waals surface area contributed by atoms with Crippen molar-refractivity contribution in [3.05, 3.63) is 58.1 Å². The first-order valence-corrected chi connectivity index (χ1v) is 15.9. The van der Waals surface area contributed by atoms with E-state index in [-0.39, 0.29) is 40.8 Å². The van der Waals surface area contributed by atoms with E-state index in [2.05, 4.69) is 15.2 Å². The number of carboxylic acid groups (broad SMARTS) is 1. The number of hydrogen-bond acceptors (Lipinski definition) is 7. The molecule has 13 nitrogen and oxygen atoms in total. The van der Waals surface area contributed by atoms with Crippen molar-refractivity contribution >= 4 is 48.9 Å². The molecule has 3 fully saturated rings. The van der Waals surface area contributed by atoms with Gasteiger partial charge in [-0.2, -0.15) is 0 Å². The zero-order chi connectivity index (χ0) is 33.0. The Balaban J connectivity index is 1.49. The maximum Gasteiger partial charge on any atom is 0.469 e. The number of ether oxygens (including phenoxy) is 2. The first-order valence-electron chi connectivity index (χ1n) is 13.6. The molecule has 246 valence electrons. The van der Waals surface area contributed by atoms with Crippen LogP contribution in [0, 0.1) is 11.6 Å². The van der Waals surface area contributed by atoms with Crippen molar-refractivity contribution in [2.75, 3.05) is 26.4 Å². The number of carbonyl (C=O) groups is 3. The molecule has 45 heavy (non-hydrogen) atoms. The summed E-state index contributed by atoms with van der Waals surface area (Å²) in [6.07, 6.45) is -0.322. The van der Waals surface area contributed by atoms with Crippen LogP contribution in [0.15, 0.2) is 36.4 Å². The number of nitrogens with one attached hydrogen (secondary N) is 2. The van der Waals surface area contributed by atoms with E-state index in [1.807, 2.05) is 0 Å². The third kappa shape index (κ3) is 8.96. The second-order valence-electron chi connectivity index (χ2n) is 10.8. The van der Waals surface area contributed by atoms with E-state index in [9.17, 15) is 32.8 Å². The van der Waals surface area contributed by atoms with Crippen LogP contribution in [0.2, 0.25) is 10.0 Å². The van der Waals surface area contributed by atoms with E-state index in [0.717, 1.165) is 17.0 Å². The van der Waals surface area contributed by atoms with E-state index in [1.54, 1.807) is 0 Å². The summed E-state index contributed by atoms with van der Waals surface area (Å²) in [6.45, 7) is -2.11. The number of carbonyl (C=O) groups excluding carboxylic acids is 2. The molecule has 2 aromatic carbocycles. The lowest BCUT2D eigenvalue weighted by Crippen LogP contribution is -2.74. The summed E-state index contributed by atoms with van der Waals surface area (Å²) >= 11 is 11.4. The molecule has 2 aromatic rings. The van der Waals surface area contributed by atoms with Gasteiger partial charge in [0.05, 0.1) is 28.2 Å². The van der Waals surface area contributed by atoms with Crippen molar-refractivity contribution in [1.29, 1.82) is 0 Å². The minimum absolute atomic E-state index is 0.0278. The van der Waals surface area contributed by atoms with E-state index < -0.39 is 80.8 Å². The fraction of sp³-hybridized carbons (Fsp3) is 0.444. The predicted octanol–water partition coefficient (Wildman–Crippen LogP) is 3.88. The van der Waals surface area contributed by atoms with Crippen LogP contribution in [0.1, 0.15) is 32.1 Å². The zero-order valence-corrected chi connectivity index (χ0v) is 25.9. The second-order valence-corrected chi connectivity index (χ2v) is 12.8. The Hall–Kier alpha value is -3.20. The number of benzene rings is 2. The number of phosphoric acid groups is 1. The number of hydrogen-bond donors (Lipinski definition) is 5. The zero-order valence-electron chi connectivity index (χ0n) is 23.5. The molecule has 18 heteroatoms. The number of fused-ring (bicyclic) bond motifs is 3. The first kappa shape index (κ1) is 34.7. The summed E-state index contributed by atoms with van der Waals surface area (Å²) in [6, 6.07) is 6.37. The molecule has 3 saturated carbocycles. The Bertz CT molecular complexity index is 1490. The minimum atomic E-state index is -4.90. The van der Waals surface area contributed by atoms with Crippen LogP contribution in [0.5, 0.6) is 11.5 Å². The normalized spacial score (nSPS) is 22.4. The summed E-state index contributed by atoms with van der Waals surface area (Å²) in [4.78, 5) is 57.5. The number of nitrogens with zero attached hydrogens (tertiary/aromatic N) is 1. The molecule has 3 amide bonds. The Morgan fingerprint density at radius 3 is 1.89 bits per heavy atom. The molecule has 1 atom stereocenters. The van der Waals surface area contributed by atoms with Gasteiger partial charge < -0.3 is 39.9 Å². The van der Waals surface area contributed by atoms with Gasteiger partial charge in [0.2, 0.25) is 0 Å².